The van der Waals surface area contributed by atoms with Crippen LogP contribution in [0.1, 0.15) is 48.4 Å². The van der Waals surface area contributed by atoms with Crippen molar-refractivity contribution in [1.29, 1.82) is 0 Å². The van der Waals surface area contributed by atoms with Crippen LogP contribution in [-0.2, 0) is 6.54 Å². The van der Waals surface area contributed by atoms with Crippen LogP contribution in [0.15, 0.2) is 53.3 Å². The number of rotatable bonds is 5. The Kier molecular flexibility index (Phi) is 5.16. The molecule has 1 N–H and O–H groups in total. The summed E-state index contributed by atoms with van der Waals surface area (Å²) >= 11 is 0. The van der Waals surface area contributed by atoms with Gasteiger partial charge in [0.05, 0.1) is 17.4 Å². The van der Waals surface area contributed by atoms with E-state index in [2.05, 4.69) is 23.8 Å². The Bertz CT molecular complexity index is 974. The molecule has 5 heteroatoms. The molecule has 0 saturated heterocycles. The minimum absolute atomic E-state index is 0.0707. The van der Waals surface area contributed by atoms with Gasteiger partial charge in [-0.2, -0.15) is 0 Å². The van der Waals surface area contributed by atoms with Gasteiger partial charge in [0, 0.05) is 12.1 Å². The van der Waals surface area contributed by atoms with E-state index in [9.17, 15) is 9.59 Å². The average molecular weight is 349 g/mol. The molecule has 3 rings (SSSR count). The number of nitrogens with one attached hydrogen (secondary N) is 1. The SMILES string of the molecule is CCN(Cc1nc2ccccc2c(=O)[nH]1)C(=O)c1ccc(C(C)C)cc1. The number of carbonyl (C=O) groups excluding carboxylic acids is 1. The molecule has 1 aromatic heterocycles. The Hall–Kier alpha value is -2.95. The normalized spacial score (nSPS) is 11.1. The number of para-hydroxylation sites is 1. The maximum absolute atomic E-state index is 12.8. The number of amides is 1. The third-order valence-electron chi connectivity index (χ3n) is 4.50. The lowest BCUT2D eigenvalue weighted by atomic mass is 10.0. The number of hydrogen-bond acceptors (Lipinski definition) is 3. The minimum Gasteiger partial charge on any atom is -0.331 e. The van der Waals surface area contributed by atoms with Gasteiger partial charge < -0.3 is 9.88 Å². The molecule has 5 nitrogen and oxygen atoms in total. The molecule has 0 bridgehead atoms. The van der Waals surface area contributed by atoms with E-state index in [1.807, 2.05) is 43.3 Å². The Morgan fingerprint density at radius 1 is 1.12 bits per heavy atom. The summed E-state index contributed by atoms with van der Waals surface area (Å²) in [5.41, 5.74) is 2.29. The van der Waals surface area contributed by atoms with Crippen LogP contribution in [0.3, 0.4) is 0 Å². The van der Waals surface area contributed by atoms with Gasteiger partial charge in [-0.1, -0.05) is 38.1 Å². The third kappa shape index (κ3) is 3.67. The molecule has 0 aliphatic carbocycles. The Balaban J connectivity index is 1.85. The number of nitrogens with zero attached hydrogens (tertiary/aromatic N) is 2. The van der Waals surface area contributed by atoms with Gasteiger partial charge in [0.1, 0.15) is 5.82 Å². The molecule has 2 aromatic carbocycles. The van der Waals surface area contributed by atoms with Crippen molar-refractivity contribution in [2.45, 2.75) is 33.2 Å². The van der Waals surface area contributed by atoms with Gasteiger partial charge in [-0.3, -0.25) is 9.59 Å². The van der Waals surface area contributed by atoms with Gasteiger partial charge in [0.2, 0.25) is 0 Å². The second-order valence-corrected chi connectivity index (χ2v) is 6.63. The summed E-state index contributed by atoms with van der Waals surface area (Å²) < 4.78 is 0. The first-order valence-electron chi connectivity index (χ1n) is 8.86. The predicted molar refractivity (Wildman–Crippen MR) is 103 cm³/mol. The predicted octanol–water partition coefficient (Wildman–Crippen LogP) is 3.71. The van der Waals surface area contributed by atoms with E-state index >= 15 is 0 Å². The maximum atomic E-state index is 12.8. The zero-order valence-electron chi connectivity index (χ0n) is 15.3. The highest BCUT2D eigenvalue weighted by Gasteiger charge is 2.16. The van der Waals surface area contributed by atoms with Gasteiger partial charge in [0.25, 0.3) is 11.5 Å². The topological polar surface area (TPSA) is 66.1 Å². The first-order valence-corrected chi connectivity index (χ1v) is 8.86. The Morgan fingerprint density at radius 2 is 1.81 bits per heavy atom. The van der Waals surface area contributed by atoms with E-state index in [4.69, 9.17) is 0 Å². The lowest BCUT2D eigenvalue weighted by molar-refractivity contribution is 0.0748. The number of H-pyrrole nitrogens is 1. The van der Waals surface area contributed by atoms with Gasteiger partial charge >= 0.3 is 0 Å². The van der Waals surface area contributed by atoms with Gasteiger partial charge in [-0.15, -0.1) is 0 Å². The zero-order valence-corrected chi connectivity index (χ0v) is 15.3. The monoisotopic (exact) mass is 349 g/mol. The standard InChI is InChI=1S/C21H23N3O2/c1-4-24(21(26)16-11-9-15(10-12-16)14(2)3)13-19-22-18-8-6-5-7-17(18)20(25)23-19/h5-12,14H,4,13H2,1-3H3,(H,22,23,25). The first-order chi connectivity index (χ1) is 12.5. The molecule has 1 heterocycles. The van der Waals surface area contributed by atoms with Crippen LogP contribution in [0, 0.1) is 0 Å². The van der Waals surface area contributed by atoms with Crippen molar-refractivity contribution in [3.8, 4) is 0 Å². The van der Waals surface area contributed by atoms with Crippen LogP contribution in [0.2, 0.25) is 0 Å². The molecule has 0 fully saturated rings. The largest absolute Gasteiger partial charge is 0.331 e. The van der Waals surface area contributed by atoms with Crippen LogP contribution in [0.4, 0.5) is 0 Å². The summed E-state index contributed by atoms with van der Waals surface area (Å²) in [6.45, 7) is 6.95. The average Bonchev–Trinajstić information content (AvgIpc) is 2.65. The summed E-state index contributed by atoms with van der Waals surface area (Å²) in [5.74, 6) is 0.842. The minimum atomic E-state index is -0.185. The quantitative estimate of drug-likeness (QED) is 0.763. The zero-order chi connectivity index (χ0) is 18.7. The number of aromatic nitrogens is 2. The number of hydrogen-bond donors (Lipinski definition) is 1. The number of carbonyl (C=O) groups is 1. The fourth-order valence-electron chi connectivity index (χ4n) is 2.91. The van der Waals surface area contributed by atoms with Crippen molar-refractivity contribution < 1.29 is 4.79 Å². The molecule has 0 unspecified atom stereocenters. The van der Waals surface area contributed by atoms with E-state index in [0.717, 1.165) is 0 Å². The molecule has 0 saturated carbocycles. The maximum Gasteiger partial charge on any atom is 0.258 e. The van der Waals surface area contributed by atoms with E-state index < -0.39 is 0 Å². The Morgan fingerprint density at radius 3 is 2.46 bits per heavy atom. The van der Waals surface area contributed by atoms with Gasteiger partial charge in [-0.05, 0) is 42.7 Å². The number of benzene rings is 2. The number of fused-ring (bicyclic) bond motifs is 1. The van der Waals surface area contributed by atoms with Crippen LogP contribution >= 0.6 is 0 Å². The van der Waals surface area contributed by atoms with Crippen molar-refractivity contribution >= 4 is 16.8 Å². The summed E-state index contributed by atoms with van der Waals surface area (Å²) in [7, 11) is 0. The fourth-order valence-corrected chi connectivity index (χ4v) is 2.91. The number of aromatic amines is 1. The molecule has 0 atom stereocenters. The molecule has 1 amide bonds. The highest BCUT2D eigenvalue weighted by molar-refractivity contribution is 5.94. The molecular formula is C21H23N3O2. The van der Waals surface area contributed by atoms with Crippen molar-refractivity contribution in [1.82, 2.24) is 14.9 Å². The molecule has 0 aliphatic rings. The molecule has 26 heavy (non-hydrogen) atoms. The second-order valence-electron chi connectivity index (χ2n) is 6.63. The van der Waals surface area contributed by atoms with E-state index in [1.165, 1.54) is 5.56 Å². The van der Waals surface area contributed by atoms with Gasteiger partial charge in [0.15, 0.2) is 0 Å². The summed E-state index contributed by atoms with van der Waals surface area (Å²) in [6.07, 6.45) is 0. The van der Waals surface area contributed by atoms with Crippen molar-refractivity contribution in [2.75, 3.05) is 6.54 Å². The molecule has 0 spiro atoms. The Labute approximate surface area is 152 Å². The van der Waals surface area contributed by atoms with E-state index in [0.29, 0.717) is 34.8 Å². The van der Waals surface area contributed by atoms with Crippen LogP contribution in [0.5, 0.6) is 0 Å². The molecular weight excluding hydrogens is 326 g/mol. The highest BCUT2D eigenvalue weighted by atomic mass is 16.2. The summed E-state index contributed by atoms with van der Waals surface area (Å²) in [4.78, 5) is 34.0. The van der Waals surface area contributed by atoms with Crippen LogP contribution in [0.25, 0.3) is 10.9 Å². The lowest BCUT2D eigenvalue weighted by Crippen LogP contribution is -2.32. The molecule has 134 valence electrons. The van der Waals surface area contributed by atoms with Crippen molar-refractivity contribution in [2.24, 2.45) is 0 Å². The summed E-state index contributed by atoms with van der Waals surface area (Å²) in [5, 5.41) is 0.551. The fraction of sp³-hybridized carbons (Fsp3) is 0.286. The second kappa shape index (κ2) is 7.52. The molecule has 0 aliphatic heterocycles. The lowest BCUT2D eigenvalue weighted by Gasteiger charge is -2.20. The van der Waals surface area contributed by atoms with Crippen LogP contribution in [-0.4, -0.2) is 27.3 Å². The molecule has 0 radical (unpaired) electrons. The highest BCUT2D eigenvalue weighted by Crippen LogP contribution is 2.16. The summed E-state index contributed by atoms with van der Waals surface area (Å²) in [6, 6.07) is 14.9. The van der Waals surface area contributed by atoms with E-state index in [-0.39, 0.29) is 18.0 Å². The smallest absolute Gasteiger partial charge is 0.258 e. The van der Waals surface area contributed by atoms with Crippen molar-refractivity contribution in [3.05, 3.63) is 75.8 Å². The van der Waals surface area contributed by atoms with E-state index in [1.54, 1.807) is 17.0 Å². The van der Waals surface area contributed by atoms with Gasteiger partial charge in [-0.25, -0.2) is 4.98 Å². The van der Waals surface area contributed by atoms with Crippen molar-refractivity contribution in [3.63, 3.8) is 0 Å². The third-order valence-corrected chi connectivity index (χ3v) is 4.50. The molecule has 3 aromatic rings. The first kappa shape index (κ1) is 17.9. The van der Waals surface area contributed by atoms with Crippen LogP contribution < -0.4 is 5.56 Å².